The Morgan fingerprint density at radius 2 is 2.00 bits per heavy atom. The summed E-state index contributed by atoms with van der Waals surface area (Å²) in [5, 5.41) is 12.9. The van der Waals surface area contributed by atoms with Gasteiger partial charge in [0.15, 0.2) is 0 Å². The van der Waals surface area contributed by atoms with Gasteiger partial charge in [0.25, 0.3) is 0 Å². The number of nitrogens with one attached hydrogen (secondary N) is 1. The zero-order chi connectivity index (χ0) is 21.3. The van der Waals surface area contributed by atoms with E-state index in [1.807, 2.05) is 6.07 Å². The molecule has 0 amide bonds. The first-order valence-corrected chi connectivity index (χ1v) is 13.1. The molecule has 2 N–H and O–H groups in total. The maximum atomic E-state index is 12.3. The number of carboxylic acid groups (broad SMARTS) is 1. The number of azide groups is 1. The highest BCUT2D eigenvalue weighted by molar-refractivity contribution is 8.00. The molecule has 2 rings (SSSR count). The molecule has 0 aliphatic carbocycles. The molecular weight excluding hydrogens is 408 g/mol. The average molecular weight is 431 g/mol. The molecule has 0 unspecified atom stereocenters. The van der Waals surface area contributed by atoms with Crippen LogP contribution in [0.15, 0.2) is 58.5 Å². The van der Waals surface area contributed by atoms with Crippen molar-refractivity contribution in [3.63, 3.8) is 0 Å². The van der Waals surface area contributed by atoms with Crippen molar-refractivity contribution in [3.8, 4) is 0 Å². The minimum absolute atomic E-state index is 0.170. The molecule has 0 saturated carbocycles. The lowest BCUT2D eigenvalue weighted by atomic mass is 10.2. The lowest BCUT2D eigenvalue weighted by Crippen LogP contribution is -2.31. The molecule has 29 heavy (non-hydrogen) atoms. The maximum absolute atomic E-state index is 12.3. The number of ether oxygens (including phenoxy) is 1. The molecule has 0 radical (unpaired) electrons. The van der Waals surface area contributed by atoms with Crippen molar-refractivity contribution < 1.29 is 19.4 Å². The van der Waals surface area contributed by atoms with Crippen molar-refractivity contribution in [3.05, 3.63) is 70.1 Å². The van der Waals surface area contributed by atoms with Gasteiger partial charge in [-0.05, 0) is 53.9 Å². The summed E-state index contributed by atoms with van der Waals surface area (Å²) in [4.78, 5) is 27.1. The van der Waals surface area contributed by atoms with E-state index in [0.29, 0.717) is 23.5 Å². The normalized spacial score (nSPS) is 10.7. The first kappa shape index (κ1) is 22.3. The Bertz CT molecular complexity index is 932. The van der Waals surface area contributed by atoms with E-state index in [4.69, 9.17) is 10.3 Å². The second-order valence-electron chi connectivity index (χ2n) is 7.02. The summed E-state index contributed by atoms with van der Waals surface area (Å²) in [6.45, 7) is 4.43. The number of carboxylic acids is 1. The van der Waals surface area contributed by atoms with E-state index in [1.54, 1.807) is 36.4 Å². The summed E-state index contributed by atoms with van der Waals surface area (Å²) in [6.07, 6.45) is 0.469. The van der Waals surface area contributed by atoms with Gasteiger partial charge in [0.1, 0.15) is 0 Å². The van der Waals surface area contributed by atoms with Gasteiger partial charge in [0, 0.05) is 16.0 Å². The maximum Gasteiger partial charge on any atom is 0.338 e. The van der Waals surface area contributed by atoms with Gasteiger partial charge < -0.3 is 14.6 Å². The standard InChI is InChI=1S/C19H22N4O4SSi/c1-29(2,13-21-23-20)11-10-27-19(26)14-6-5-7-15(12-14)28-22-17-9-4-3-8-16(17)18(24)25/h3-9,12,22H,10-11,13H2,1-2H3,(H,24,25). The van der Waals surface area contributed by atoms with Gasteiger partial charge in [-0.3, -0.25) is 0 Å². The van der Waals surface area contributed by atoms with Crippen LogP contribution in [0, 0.1) is 0 Å². The van der Waals surface area contributed by atoms with Gasteiger partial charge in [-0.15, -0.1) is 0 Å². The molecule has 0 atom stereocenters. The number of rotatable bonds is 10. The van der Waals surface area contributed by atoms with Crippen LogP contribution in [0.2, 0.25) is 19.1 Å². The Balaban J connectivity index is 1.94. The van der Waals surface area contributed by atoms with Crippen molar-refractivity contribution in [2.24, 2.45) is 5.11 Å². The fourth-order valence-corrected chi connectivity index (χ4v) is 4.36. The zero-order valence-corrected chi connectivity index (χ0v) is 18.0. The number of esters is 1. The molecule has 8 nitrogen and oxygen atoms in total. The van der Waals surface area contributed by atoms with E-state index in [9.17, 15) is 14.7 Å². The summed E-state index contributed by atoms with van der Waals surface area (Å²) < 4.78 is 8.38. The third-order valence-electron chi connectivity index (χ3n) is 4.08. The van der Waals surface area contributed by atoms with Crippen LogP contribution in [0.5, 0.6) is 0 Å². The minimum Gasteiger partial charge on any atom is -0.478 e. The molecule has 152 valence electrons. The third-order valence-corrected chi connectivity index (χ3v) is 7.45. The molecule has 2 aromatic carbocycles. The van der Waals surface area contributed by atoms with Crippen LogP contribution in [0.3, 0.4) is 0 Å². The van der Waals surface area contributed by atoms with Crippen molar-refractivity contribution in [1.82, 2.24) is 0 Å². The molecule has 0 aromatic heterocycles. The number of hydrogen-bond donors (Lipinski definition) is 2. The Kier molecular flexibility index (Phi) is 8.14. The third kappa shape index (κ3) is 7.19. The van der Waals surface area contributed by atoms with Crippen molar-refractivity contribution in [1.29, 1.82) is 0 Å². The van der Waals surface area contributed by atoms with Crippen LogP contribution in [0.4, 0.5) is 5.69 Å². The molecule has 0 saturated heterocycles. The van der Waals surface area contributed by atoms with Gasteiger partial charge >= 0.3 is 11.9 Å². The molecular formula is C19H22N4O4SSi. The van der Waals surface area contributed by atoms with Gasteiger partial charge in [-0.2, -0.15) is 0 Å². The number of hydrogen-bond acceptors (Lipinski definition) is 6. The van der Waals surface area contributed by atoms with Crippen LogP contribution >= 0.6 is 11.9 Å². The summed E-state index contributed by atoms with van der Waals surface area (Å²) in [7, 11) is -1.73. The van der Waals surface area contributed by atoms with Crippen molar-refractivity contribution in [2.75, 3.05) is 17.5 Å². The minimum atomic E-state index is -1.73. The largest absolute Gasteiger partial charge is 0.478 e. The van der Waals surface area contributed by atoms with Crippen LogP contribution in [0.1, 0.15) is 20.7 Å². The van der Waals surface area contributed by atoms with E-state index in [-0.39, 0.29) is 12.2 Å². The molecule has 0 fully saturated rings. The van der Waals surface area contributed by atoms with Crippen molar-refractivity contribution in [2.45, 2.75) is 24.0 Å². The van der Waals surface area contributed by atoms with Gasteiger partial charge in [-0.1, -0.05) is 36.4 Å². The van der Waals surface area contributed by atoms with Crippen LogP contribution in [-0.4, -0.2) is 37.9 Å². The topological polar surface area (TPSA) is 124 Å². The quantitative estimate of drug-likeness (QED) is 0.133. The molecule has 0 bridgehead atoms. The van der Waals surface area contributed by atoms with E-state index in [2.05, 4.69) is 27.8 Å². The predicted octanol–water partition coefficient (Wildman–Crippen LogP) is 5.22. The molecule has 2 aromatic rings. The number of carbonyl (C=O) groups excluding carboxylic acids is 1. The summed E-state index contributed by atoms with van der Waals surface area (Å²) in [5.41, 5.74) is 9.50. The van der Waals surface area contributed by atoms with Crippen molar-refractivity contribution >= 4 is 37.6 Å². The van der Waals surface area contributed by atoms with E-state index < -0.39 is 20.0 Å². The lowest BCUT2D eigenvalue weighted by molar-refractivity contribution is 0.0524. The monoisotopic (exact) mass is 430 g/mol. The fraction of sp³-hybridized carbons (Fsp3) is 0.263. The number of benzene rings is 2. The lowest BCUT2D eigenvalue weighted by Gasteiger charge is -2.19. The zero-order valence-electron chi connectivity index (χ0n) is 16.2. The first-order chi connectivity index (χ1) is 13.8. The Labute approximate surface area is 174 Å². The SMILES string of the molecule is C[Si](C)(CCOC(=O)c1cccc(SNc2ccccc2C(=O)O)c1)CN=[N+]=[N-]. The summed E-state index contributed by atoms with van der Waals surface area (Å²) in [5.74, 6) is -1.44. The van der Waals surface area contributed by atoms with Gasteiger partial charge in [0.2, 0.25) is 0 Å². The Morgan fingerprint density at radius 1 is 1.24 bits per heavy atom. The van der Waals surface area contributed by atoms with E-state index in [0.717, 1.165) is 4.90 Å². The molecule has 0 aliphatic rings. The van der Waals surface area contributed by atoms with Gasteiger partial charge in [-0.25, -0.2) is 9.59 Å². The summed E-state index contributed by atoms with van der Waals surface area (Å²) >= 11 is 1.21. The highest BCUT2D eigenvalue weighted by Gasteiger charge is 2.20. The molecule has 10 heteroatoms. The first-order valence-electron chi connectivity index (χ1n) is 8.85. The molecule has 0 heterocycles. The Morgan fingerprint density at radius 3 is 2.72 bits per heavy atom. The fourth-order valence-electron chi connectivity index (χ4n) is 2.36. The number of aromatic carboxylic acids is 1. The smallest absolute Gasteiger partial charge is 0.338 e. The van der Waals surface area contributed by atoms with E-state index in [1.165, 1.54) is 18.0 Å². The van der Waals surface area contributed by atoms with Crippen LogP contribution in [0.25, 0.3) is 10.4 Å². The second-order valence-corrected chi connectivity index (χ2v) is 13.0. The number of para-hydroxylation sites is 1. The number of anilines is 1. The van der Waals surface area contributed by atoms with Crippen LogP contribution in [-0.2, 0) is 4.74 Å². The molecule has 0 spiro atoms. The summed E-state index contributed by atoms with van der Waals surface area (Å²) in [6, 6.07) is 14.2. The van der Waals surface area contributed by atoms with Crippen LogP contribution < -0.4 is 4.72 Å². The Hall–Kier alpha value is -2.94. The predicted molar refractivity (Wildman–Crippen MR) is 116 cm³/mol. The molecule has 0 aliphatic heterocycles. The van der Waals surface area contributed by atoms with Gasteiger partial charge in [0.05, 0.1) is 31.5 Å². The average Bonchev–Trinajstić information content (AvgIpc) is 2.71. The number of nitrogens with zero attached hydrogens (tertiary/aromatic N) is 3. The second kappa shape index (κ2) is 10.6. The number of carbonyl (C=O) groups is 2. The van der Waals surface area contributed by atoms with E-state index >= 15 is 0 Å². The highest BCUT2D eigenvalue weighted by Crippen LogP contribution is 2.25. The highest BCUT2D eigenvalue weighted by atomic mass is 32.2.